The predicted molar refractivity (Wildman–Crippen MR) is 74.5 cm³/mol. The highest BCUT2D eigenvalue weighted by atomic mass is 35.5. The van der Waals surface area contributed by atoms with Crippen LogP contribution in [0.1, 0.15) is 24.2 Å². The van der Waals surface area contributed by atoms with Crippen molar-refractivity contribution in [1.82, 2.24) is 4.90 Å². The van der Waals surface area contributed by atoms with Gasteiger partial charge in [0.2, 0.25) is 0 Å². The summed E-state index contributed by atoms with van der Waals surface area (Å²) in [7, 11) is 0. The molecule has 0 aliphatic rings. The van der Waals surface area contributed by atoms with Crippen molar-refractivity contribution < 1.29 is 9.72 Å². The molecule has 0 N–H and O–H groups in total. The van der Waals surface area contributed by atoms with Crippen LogP contribution in [0.15, 0.2) is 30.4 Å². The van der Waals surface area contributed by atoms with Gasteiger partial charge >= 0.3 is 0 Å². The fraction of sp³-hybridized carbons (Fsp3) is 0.308. The van der Waals surface area contributed by atoms with E-state index < -0.39 is 4.92 Å². The molecular weight excluding hydrogens is 268 g/mol. The van der Waals surface area contributed by atoms with Gasteiger partial charge < -0.3 is 4.90 Å². The third kappa shape index (κ3) is 3.79. The monoisotopic (exact) mass is 282 g/mol. The van der Waals surface area contributed by atoms with Crippen LogP contribution >= 0.6 is 11.6 Å². The highest BCUT2D eigenvalue weighted by Gasteiger charge is 2.19. The Bertz CT molecular complexity index is 529. The number of nitro groups is 1. The van der Waals surface area contributed by atoms with Gasteiger partial charge in [-0.1, -0.05) is 23.8 Å². The molecular formula is C13H15ClN2O3. The minimum Gasteiger partial charge on any atom is -0.335 e. The molecule has 1 rings (SSSR count). The van der Waals surface area contributed by atoms with Gasteiger partial charge in [-0.05, 0) is 26.0 Å². The van der Waals surface area contributed by atoms with Crippen LogP contribution in [0.2, 0.25) is 5.02 Å². The van der Waals surface area contributed by atoms with E-state index in [1.165, 1.54) is 18.2 Å². The summed E-state index contributed by atoms with van der Waals surface area (Å²) in [5, 5.41) is 10.8. The predicted octanol–water partition coefficient (Wildman–Crippen LogP) is 3.29. The summed E-state index contributed by atoms with van der Waals surface area (Å²) in [5.41, 5.74) is 0.830. The zero-order valence-corrected chi connectivity index (χ0v) is 11.6. The quantitative estimate of drug-likeness (QED) is 0.473. The molecule has 0 aromatic heterocycles. The van der Waals surface area contributed by atoms with E-state index in [1.54, 1.807) is 4.90 Å². The molecule has 0 atom stereocenters. The molecule has 0 aliphatic carbocycles. The third-order valence-electron chi connectivity index (χ3n) is 2.52. The minimum atomic E-state index is -0.603. The molecule has 6 heteroatoms. The molecule has 0 bridgehead atoms. The Labute approximate surface area is 116 Å². The summed E-state index contributed by atoms with van der Waals surface area (Å²) in [6.07, 6.45) is 0. The molecule has 5 nitrogen and oxygen atoms in total. The molecule has 0 spiro atoms. The zero-order chi connectivity index (χ0) is 14.6. The Morgan fingerprint density at radius 3 is 2.63 bits per heavy atom. The number of amides is 1. The summed E-state index contributed by atoms with van der Waals surface area (Å²) in [5.74, 6) is -0.273. The van der Waals surface area contributed by atoms with Gasteiger partial charge in [0.15, 0.2) is 0 Å². The topological polar surface area (TPSA) is 63.5 Å². The van der Waals surface area contributed by atoms with E-state index in [-0.39, 0.29) is 22.2 Å². The Balaban J connectivity index is 3.08. The molecule has 0 radical (unpaired) electrons. The molecule has 1 aromatic rings. The van der Waals surface area contributed by atoms with Crippen LogP contribution in [-0.4, -0.2) is 28.8 Å². The second-order valence-electron chi connectivity index (χ2n) is 4.20. The molecule has 0 fully saturated rings. The van der Waals surface area contributed by atoms with Crippen LogP contribution in [0.25, 0.3) is 0 Å². The summed E-state index contributed by atoms with van der Waals surface area (Å²) >= 11 is 5.71. The van der Waals surface area contributed by atoms with Crippen LogP contribution in [0, 0.1) is 10.1 Å². The van der Waals surface area contributed by atoms with Crippen LogP contribution in [0.5, 0.6) is 0 Å². The van der Waals surface area contributed by atoms with E-state index in [4.69, 9.17) is 11.6 Å². The molecule has 102 valence electrons. The Morgan fingerprint density at radius 1 is 1.53 bits per heavy atom. The zero-order valence-electron chi connectivity index (χ0n) is 10.9. The van der Waals surface area contributed by atoms with E-state index >= 15 is 0 Å². The number of hydrogen-bond acceptors (Lipinski definition) is 3. The molecule has 0 saturated heterocycles. The van der Waals surface area contributed by atoms with Crippen LogP contribution in [0.3, 0.4) is 0 Å². The first-order valence-electron chi connectivity index (χ1n) is 5.74. The SMILES string of the molecule is C=C(C)CN(CC)C(=O)c1ccc(Cl)c([N+](=O)[O-])c1. The number of hydrogen-bond donors (Lipinski definition) is 0. The summed E-state index contributed by atoms with van der Waals surface area (Å²) in [6.45, 7) is 8.34. The average molecular weight is 283 g/mol. The maximum atomic E-state index is 12.2. The normalized spacial score (nSPS) is 10.1. The number of likely N-dealkylation sites (N-methyl/N-ethyl adjacent to an activating group) is 1. The molecule has 1 aromatic carbocycles. The lowest BCUT2D eigenvalue weighted by molar-refractivity contribution is -0.384. The van der Waals surface area contributed by atoms with Crippen molar-refractivity contribution in [3.05, 3.63) is 51.1 Å². The molecule has 19 heavy (non-hydrogen) atoms. The summed E-state index contributed by atoms with van der Waals surface area (Å²) in [4.78, 5) is 24.0. The number of nitro benzene ring substituents is 1. The largest absolute Gasteiger partial charge is 0.335 e. The van der Waals surface area contributed by atoms with Crippen molar-refractivity contribution in [3.63, 3.8) is 0 Å². The van der Waals surface area contributed by atoms with E-state index in [0.717, 1.165) is 5.57 Å². The fourth-order valence-corrected chi connectivity index (χ4v) is 1.81. The summed E-state index contributed by atoms with van der Waals surface area (Å²) < 4.78 is 0. The van der Waals surface area contributed by atoms with Crippen molar-refractivity contribution >= 4 is 23.2 Å². The first kappa shape index (κ1) is 15.2. The first-order chi connectivity index (χ1) is 8.86. The van der Waals surface area contributed by atoms with Gasteiger partial charge in [0.05, 0.1) is 4.92 Å². The lowest BCUT2D eigenvalue weighted by atomic mass is 10.1. The van der Waals surface area contributed by atoms with Crippen molar-refractivity contribution in [2.75, 3.05) is 13.1 Å². The average Bonchev–Trinajstić information content (AvgIpc) is 2.35. The molecule has 0 aliphatic heterocycles. The van der Waals surface area contributed by atoms with E-state index in [0.29, 0.717) is 13.1 Å². The van der Waals surface area contributed by atoms with Crippen LogP contribution in [-0.2, 0) is 0 Å². The highest BCUT2D eigenvalue weighted by Crippen LogP contribution is 2.25. The lowest BCUT2D eigenvalue weighted by Crippen LogP contribution is -2.32. The third-order valence-corrected chi connectivity index (χ3v) is 2.84. The second kappa shape index (κ2) is 6.33. The van der Waals surface area contributed by atoms with Crippen LogP contribution < -0.4 is 0 Å². The van der Waals surface area contributed by atoms with E-state index in [2.05, 4.69) is 6.58 Å². The number of carbonyl (C=O) groups is 1. The Hall–Kier alpha value is -1.88. The van der Waals surface area contributed by atoms with Crippen molar-refractivity contribution in [1.29, 1.82) is 0 Å². The van der Waals surface area contributed by atoms with Gasteiger partial charge in [0.25, 0.3) is 11.6 Å². The number of carbonyl (C=O) groups excluding carboxylic acids is 1. The van der Waals surface area contributed by atoms with Gasteiger partial charge in [-0.15, -0.1) is 0 Å². The maximum absolute atomic E-state index is 12.2. The van der Waals surface area contributed by atoms with Gasteiger partial charge in [0, 0.05) is 24.7 Å². The lowest BCUT2D eigenvalue weighted by Gasteiger charge is -2.20. The summed E-state index contributed by atoms with van der Waals surface area (Å²) in [6, 6.07) is 4.05. The van der Waals surface area contributed by atoms with Crippen molar-refractivity contribution in [2.45, 2.75) is 13.8 Å². The number of nitrogens with zero attached hydrogens (tertiary/aromatic N) is 2. The standard InChI is InChI=1S/C13H15ClN2O3/c1-4-15(8-9(2)3)13(17)10-5-6-11(14)12(7-10)16(18)19/h5-7H,2,4,8H2,1,3H3. The fourth-order valence-electron chi connectivity index (χ4n) is 1.62. The minimum absolute atomic E-state index is 0.0181. The highest BCUT2D eigenvalue weighted by molar-refractivity contribution is 6.32. The maximum Gasteiger partial charge on any atom is 0.288 e. The Morgan fingerprint density at radius 2 is 2.16 bits per heavy atom. The molecule has 0 saturated carbocycles. The molecule has 1 amide bonds. The number of rotatable bonds is 5. The first-order valence-corrected chi connectivity index (χ1v) is 6.12. The van der Waals surface area contributed by atoms with Gasteiger partial charge in [0.1, 0.15) is 5.02 Å². The van der Waals surface area contributed by atoms with Crippen LogP contribution in [0.4, 0.5) is 5.69 Å². The van der Waals surface area contributed by atoms with E-state index in [1.807, 2.05) is 13.8 Å². The number of benzene rings is 1. The molecule has 0 heterocycles. The van der Waals surface area contributed by atoms with Gasteiger partial charge in [-0.2, -0.15) is 0 Å². The van der Waals surface area contributed by atoms with Crippen molar-refractivity contribution in [2.24, 2.45) is 0 Å². The van der Waals surface area contributed by atoms with E-state index in [9.17, 15) is 14.9 Å². The second-order valence-corrected chi connectivity index (χ2v) is 4.61. The smallest absolute Gasteiger partial charge is 0.288 e. The molecule has 0 unspecified atom stereocenters. The van der Waals surface area contributed by atoms with Gasteiger partial charge in [-0.3, -0.25) is 14.9 Å². The number of halogens is 1. The Kier molecular flexibility index (Phi) is 5.06. The van der Waals surface area contributed by atoms with Gasteiger partial charge in [-0.25, -0.2) is 0 Å². The van der Waals surface area contributed by atoms with Crippen molar-refractivity contribution in [3.8, 4) is 0 Å².